The van der Waals surface area contributed by atoms with E-state index >= 15 is 0 Å². The molecular formula is C18H32BF3N4O8S. The van der Waals surface area contributed by atoms with Gasteiger partial charge in [0, 0.05) is 38.1 Å². The number of nitrogens with zero attached hydrogens (tertiary/aromatic N) is 2. The monoisotopic (exact) mass is 532 g/mol. The maximum Gasteiger partial charge on any atom is 0.490 e. The lowest BCUT2D eigenvalue weighted by Gasteiger charge is -2.32. The predicted octanol–water partition coefficient (Wildman–Crippen LogP) is -1.09. The van der Waals surface area contributed by atoms with Gasteiger partial charge in [0.25, 0.3) is 10.2 Å². The van der Waals surface area contributed by atoms with Crippen molar-refractivity contribution in [3.63, 3.8) is 0 Å². The van der Waals surface area contributed by atoms with Gasteiger partial charge in [-0.1, -0.05) is 6.42 Å². The fraction of sp³-hybridized carbons (Fsp3) is 0.889. The zero-order valence-corrected chi connectivity index (χ0v) is 19.8. The van der Waals surface area contributed by atoms with Gasteiger partial charge in [-0.15, -0.1) is 0 Å². The number of carboxylic acids is 2. The zero-order chi connectivity index (χ0) is 26.6. The summed E-state index contributed by atoms with van der Waals surface area (Å²) in [7, 11) is -5.30. The van der Waals surface area contributed by atoms with Crippen LogP contribution in [0.25, 0.3) is 0 Å². The summed E-state index contributed by atoms with van der Waals surface area (Å²) in [5, 5.41) is 38.0. The molecule has 0 aromatic heterocycles. The highest BCUT2D eigenvalue weighted by Crippen LogP contribution is 2.36. The highest BCUT2D eigenvalue weighted by atomic mass is 32.2. The van der Waals surface area contributed by atoms with Gasteiger partial charge < -0.3 is 31.3 Å². The molecule has 202 valence electrons. The number of carboxylic acid groups (broad SMARTS) is 2. The molecule has 12 nitrogen and oxygen atoms in total. The summed E-state index contributed by atoms with van der Waals surface area (Å²) in [4.78, 5) is 20.7. The third kappa shape index (κ3) is 8.00. The molecule has 3 rings (SSSR count). The third-order valence-corrected chi connectivity index (χ3v) is 8.42. The lowest BCUT2D eigenvalue weighted by atomic mass is 9.78. The minimum absolute atomic E-state index is 0.0357. The number of rotatable bonds is 10. The number of carbonyl (C=O) groups is 2. The molecule has 0 amide bonds. The topological polar surface area (TPSA) is 194 Å². The molecule has 0 radical (unpaired) electrons. The van der Waals surface area contributed by atoms with Gasteiger partial charge in [0.1, 0.15) is 5.54 Å². The van der Waals surface area contributed by atoms with Crippen LogP contribution < -0.4 is 11.1 Å². The maximum atomic E-state index is 13.4. The largest absolute Gasteiger partial charge is 0.490 e. The number of halogens is 3. The van der Waals surface area contributed by atoms with Gasteiger partial charge in [-0.3, -0.25) is 4.79 Å². The van der Waals surface area contributed by atoms with Crippen LogP contribution in [0, 0.1) is 11.8 Å². The summed E-state index contributed by atoms with van der Waals surface area (Å²) < 4.78 is 61.3. The standard InChI is InChI=1S/C16H31BN4O6S.C2HF3O2/c18-16(15(22)23)11-20(10-13(16)2-1-6-17(24)25)28(26,27)21(9-12-3-4-12)14-5-7-19-8-14;3-2(4,5)1(6)7/h12-14,19,24-25H,1-11,18H2,(H,22,23);(H,6,7)/t13-,14-,16-;/m0./s1. The summed E-state index contributed by atoms with van der Waals surface area (Å²) in [5.74, 6) is -4.19. The second-order valence-electron chi connectivity index (χ2n) is 9.22. The van der Waals surface area contributed by atoms with E-state index in [1.807, 2.05) is 0 Å². The Morgan fingerprint density at radius 2 is 1.80 bits per heavy atom. The second kappa shape index (κ2) is 11.7. The predicted molar refractivity (Wildman–Crippen MR) is 117 cm³/mol. The Kier molecular flexibility index (Phi) is 9.94. The van der Waals surface area contributed by atoms with Crippen LogP contribution in [0.3, 0.4) is 0 Å². The Morgan fingerprint density at radius 1 is 1.20 bits per heavy atom. The summed E-state index contributed by atoms with van der Waals surface area (Å²) in [6, 6.07) is -0.119. The van der Waals surface area contributed by atoms with Crippen LogP contribution in [0.15, 0.2) is 0 Å². The molecule has 35 heavy (non-hydrogen) atoms. The summed E-state index contributed by atoms with van der Waals surface area (Å²) in [6.07, 6.45) is -1.52. The number of nitrogens with two attached hydrogens (primary N) is 1. The van der Waals surface area contributed by atoms with E-state index in [4.69, 9.17) is 25.7 Å². The van der Waals surface area contributed by atoms with E-state index in [0.29, 0.717) is 31.8 Å². The average molecular weight is 532 g/mol. The molecule has 2 aliphatic heterocycles. The van der Waals surface area contributed by atoms with E-state index in [2.05, 4.69) is 5.32 Å². The molecule has 0 spiro atoms. The van der Waals surface area contributed by atoms with Crippen LogP contribution in [0.4, 0.5) is 13.2 Å². The Bertz CT molecular complexity index is 855. The lowest BCUT2D eigenvalue weighted by molar-refractivity contribution is -0.192. The molecule has 3 atom stereocenters. The highest BCUT2D eigenvalue weighted by Gasteiger charge is 2.54. The Hall–Kier alpha value is -1.50. The number of hydrogen-bond acceptors (Lipinski definition) is 8. The first-order chi connectivity index (χ1) is 16.1. The van der Waals surface area contributed by atoms with Crippen molar-refractivity contribution in [1.29, 1.82) is 0 Å². The normalized spacial score (nSPS) is 27.5. The van der Waals surface area contributed by atoms with Crippen LogP contribution in [0.2, 0.25) is 6.32 Å². The smallest absolute Gasteiger partial charge is 0.480 e. The van der Waals surface area contributed by atoms with E-state index in [9.17, 15) is 31.5 Å². The molecule has 0 aromatic rings. The molecule has 1 saturated carbocycles. The molecule has 1 aliphatic carbocycles. The van der Waals surface area contributed by atoms with E-state index in [-0.39, 0.29) is 25.5 Å². The van der Waals surface area contributed by atoms with Crippen molar-refractivity contribution >= 4 is 29.3 Å². The molecular weight excluding hydrogens is 500 g/mol. The summed E-state index contributed by atoms with van der Waals surface area (Å²) >= 11 is 0. The maximum absolute atomic E-state index is 13.4. The fourth-order valence-electron chi connectivity index (χ4n) is 4.23. The SMILES string of the molecule is N[C@@]1(C(=O)O)CN(S(=O)(=O)N(CC2CC2)[C@H]2CCNC2)C[C@@H]1CCCB(O)O.O=C(O)C(F)(F)F. The number of hydrogen-bond donors (Lipinski definition) is 6. The number of alkyl halides is 3. The van der Waals surface area contributed by atoms with Crippen LogP contribution in [0.1, 0.15) is 32.1 Å². The Labute approximate surface area is 201 Å². The van der Waals surface area contributed by atoms with Gasteiger partial charge in [-0.2, -0.15) is 30.2 Å². The van der Waals surface area contributed by atoms with Gasteiger partial charge in [-0.25, -0.2) is 4.79 Å². The minimum Gasteiger partial charge on any atom is -0.480 e. The van der Waals surface area contributed by atoms with Gasteiger partial charge in [-0.05, 0) is 44.5 Å². The molecule has 7 N–H and O–H groups in total. The number of nitrogens with one attached hydrogen (secondary N) is 1. The molecule has 0 aromatic carbocycles. The molecule has 0 bridgehead atoms. The first-order valence-electron chi connectivity index (χ1n) is 11.2. The molecule has 0 unspecified atom stereocenters. The molecule has 3 aliphatic rings. The molecule has 2 heterocycles. The highest BCUT2D eigenvalue weighted by molar-refractivity contribution is 7.86. The van der Waals surface area contributed by atoms with Crippen LogP contribution in [-0.2, 0) is 19.8 Å². The van der Waals surface area contributed by atoms with Crippen molar-refractivity contribution in [2.24, 2.45) is 17.6 Å². The second-order valence-corrected chi connectivity index (χ2v) is 11.1. The molecule has 2 saturated heterocycles. The molecule has 17 heteroatoms. The van der Waals surface area contributed by atoms with Crippen LogP contribution >= 0.6 is 0 Å². The van der Waals surface area contributed by atoms with Gasteiger partial charge in [0.2, 0.25) is 0 Å². The Balaban J connectivity index is 0.000000540. The number of aliphatic carboxylic acids is 2. The van der Waals surface area contributed by atoms with E-state index in [1.165, 1.54) is 4.31 Å². The van der Waals surface area contributed by atoms with Crippen molar-refractivity contribution in [3.05, 3.63) is 0 Å². The zero-order valence-electron chi connectivity index (χ0n) is 19.0. The lowest BCUT2D eigenvalue weighted by Crippen LogP contribution is -2.56. The van der Waals surface area contributed by atoms with Crippen molar-refractivity contribution in [2.45, 2.75) is 56.2 Å². The molecule has 3 fully saturated rings. The van der Waals surface area contributed by atoms with Crippen molar-refractivity contribution < 1.29 is 51.4 Å². The van der Waals surface area contributed by atoms with E-state index in [1.54, 1.807) is 4.31 Å². The quantitative estimate of drug-likeness (QED) is 0.188. The van der Waals surface area contributed by atoms with Crippen molar-refractivity contribution in [3.8, 4) is 0 Å². The van der Waals surface area contributed by atoms with Gasteiger partial charge in [0.15, 0.2) is 0 Å². The minimum atomic E-state index is -5.08. The summed E-state index contributed by atoms with van der Waals surface area (Å²) in [5.41, 5.74) is 4.48. The van der Waals surface area contributed by atoms with Crippen molar-refractivity contribution in [2.75, 3.05) is 32.7 Å². The summed E-state index contributed by atoms with van der Waals surface area (Å²) in [6.45, 7) is 1.61. The van der Waals surface area contributed by atoms with Gasteiger partial charge in [0.05, 0.1) is 0 Å². The van der Waals surface area contributed by atoms with Crippen LogP contribution in [0.5, 0.6) is 0 Å². The van der Waals surface area contributed by atoms with E-state index in [0.717, 1.165) is 25.8 Å². The van der Waals surface area contributed by atoms with E-state index < -0.39 is 46.9 Å². The van der Waals surface area contributed by atoms with Crippen LogP contribution in [-0.4, -0.2) is 107 Å². The Morgan fingerprint density at radius 3 is 2.23 bits per heavy atom. The first-order valence-corrected chi connectivity index (χ1v) is 12.6. The third-order valence-electron chi connectivity index (χ3n) is 6.45. The average Bonchev–Trinajstić information content (AvgIpc) is 3.25. The first kappa shape index (κ1) is 29.7. The fourth-order valence-corrected chi connectivity index (χ4v) is 6.23. The van der Waals surface area contributed by atoms with Gasteiger partial charge >= 0.3 is 25.2 Å². The van der Waals surface area contributed by atoms with Crippen molar-refractivity contribution in [1.82, 2.24) is 13.9 Å².